The van der Waals surface area contributed by atoms with E-state index in [2.05, 4.69) is 26.6 Å². The van der Waals surface area contributed by atoms with Gasteiger partial charge < -0.3 is 10.6 Å². The first-order chi connectivity index (χ1) is 9.51. The molecule has 20 heavy (non-hydrogen) atoms. The SMILES string of the molecule is CNc1ccc(C(=O)Nc2cc(C)c(Br)c(C)c2)cc1. The first-order valence-electron chi connectivity index (χ1n) is 6.37. The maximum Gasteiger partial charge on any atom is 0.255 e. The van der Waals surface area contributed by atoms with Crippen LogP contribution in [-0.2, 0) is 0 Å². The summed E-state index contributed by atoms with van der Waals surface area (Å²) in [5.41, 5.74) is 4.64. The van der Waals surface area contributed by atoms with Gasteiger partial charge in [-0.1, -0.05) is 15.9 Å². The number of halogens is 1. The monoisotopic (exact) mass is 332 g/mol. The molecule has 0 bridgehead atoms. The van der Waals surface area contributed by atoms with Crippen molar-refractivity contribution in [1.82, 2.24) is 0 Å². The Morgan fingerprint density at radius 2 is 1.55 bits per heavy atom. The Kier molecular flexibility index (Phi) is 4.45. The fourth-order valence-electron chi connectivity index (χ4n) is 2.01. The second-order valence-corrected chi connectivity index (χ2v) is 5.50. The number of hydrogen-bond donors (Lipinski definition) is 2. The van der Waals surface area contributed by atoms with E-state index in [4.69, 9.17) is 0 Å². The van der Waals surface area contributed by atoms with Gasteiger partial charge in [0.25, 0.3) is 5.91 Å². The van der Waals surface area contributed by atoms with Crippen molar-refractivity contribution >= 4 is 33.2 Å². The Morgan fingerprint density at radius 1 is 1.00 bits per heavy atom. The fraction of sp³-hybridized carbons (Fsp3) is 0.188. The Labute approximate surface area is 127 Å². The van der Waals surface area contributed by atoms with Gasteiger partial charge in [-0.25, -0.2) is 0 Å². The summed E-state index contributed by atoms with van der Waals surface area (Å²) in [6.07, 6.45) is 0. The van der Waals surface area contributed by atoms with Gasteiger partial charge in [-0.15, -0.1) is 0 Å². The highest BCUT2D eigenvalue weighted by Gasteiger charge is 2.08. The zero-order valence-corrected chi connectivity index (χ0v) is 13.3. The molecule has 0 fully saturated rings. The molecule has 2 N–H and O–H groups in total. The predicted molar refractivity (Wildman–Crippen MR) is 87.6 cm³/mol. The van der Waals surface area contributed by atoms with E-state index in [0.717, 1.165) is 27.0 Å². The smallest absolute Gasteiger partial charge is 0.255 e. The standard InChI is InChI=1S/C16H17BrN2O/c1-10-8-14(9-11(2)15(10)17)19-16(20)12-4-6-13(18-3)7-5-12/h4-9,18H,1-3H3,(H,19,20). The number of carbonyl (C=O) groups excluding carboxylic acids is 1. The molecule has 0 aliphatic carbocycles. The predicted octanol–water partition coefficient (Wildman–Crippen LogP) is 4.36. The van der Waals surface area contributed by atoms with E-state index in [0.29, 0.717) is 5.56 Å². The van der Waals surface area contributed by atoms with Gasteiger partial charge in [-0.3, -0.25) is 4.79 Å². The van der Waals surface area contributed by atoms with Crippen LogP contribution in [0.5, 0.6) is 0 Å². The molecule has 2 aromatic rings. The first-order valence-corrected chi connectivity index (χ1v) is 7.16. The Morgan fingerprint density at radius 3 is 2.05 bits per heavy atom. The van der Waals surface area contributed by atoms with Gasteiger partial charge in [0.2, 0.25) is 0 Å². The van der Waals surface area contributed by atoms with Crippen LogP contribution in [0.3, 0.4) is 0 Å². The van der Waals surface area contributed by atoms with Crippen molar-refractivity contribution in [1.29, 1.82) is 0 Å². The number of anilines is 2. The lowest BCUT2D eigenvalue weighted by atomic mass is 10.1. The Hall–Kier alpha value is -1.81. The third kappa shape index (κ3) is 3.20. The van der Waals surface area contributed by atoms with Crippen molar-refractivity contribution in [2.45, 2.75) is 13.8 Å². The van der Waals surface area contributed by atoms with Gasteiger partial charge in [0.15, 0.2) is 0 Å². The molecule has 2 rings (SSSR count). The number of benzene rings is 2. The summed E-state index contributed by atoms with van der Waals surface area (Å²) < 4.78 is 1.08. The summed E-state index contributed by atoms with van der Waals surface area (Å²) in [4.78, 5) is 12.2. The first kappa shape index (κ1) is 14.6. The minimum atomic E-state index is -0.103. The minimum Gasteiger partial charge on any atom is -0.388 e. The van der Waals surface area contributed by atoms with Crippen molar-refractivity contribution in [3.8, 4) is 0 Å². The van der Waals surface area contributed by atoms with E-state index < -0.39 is 0 Å². The molecule has 0 heterocycles. The molecule has 0 atom stereocenters. The second-order valence-electron chi connectivity index (χ2n) is 4.71. The van der Waals surface area contributed by atoms with Gasteiger partial charge in [-0.2, -0.15) is 0 Å². The molecule has 104 valence electrons. The molecule has 0 saturated carbocycles. The van der Waals surface area contributed by atoms with Gasteiger partial charge in [0.05, 0.1) is 0 Å². The topological polar surface area (TPSA) is 41.1 Å². The molecule has 4 heteroatoms. The van der Waals surface area contributed by atoms with E-state index >= 15 is 0 Å². The van der Waals surface area contributed by atoms with E-state index in [9.17, 15) is 4.79 Å². The third-order valence-electron chi connectivity index (χ3n) is 3.13. The van der Waals surface area contributed by atoms with Crippen LogP contribution >= 0.6 is 15.9 Å². The molecule has 1 amide bonds. The summed E-state index contributed by atoms with van der Waals surface area (Å²) in [6.45, 7) is 4.02. The number of rotatable bonds is 3. The van der Waals surface area contributed by atoms with Crippen LogP contribution in [-0.4, -0.2) is 13.0 Å². The molecule has 2 aromatic carbocycles. The van der Waals surface area contributed by atoms with Crippen LogP contribution in [0.1, 0.15) is 21.5 Å². The van der Waals surface area contributed by atoms with Crippen LogP contribution in [0.15, 0.2) is 40.9 Å². The van der Waals surface area contributed by atoms with Crippen LogP contribution in [0.4, 0.5) is 11.4 Å². The van der Waals surface area contributed by atoms with Gasteiger partial charge in [0, 0.05) is 28.5 Å². The summed E-state index contributed by atoms with van der Waals surface area (Å²) in [5.74, 6) is -0.103. The van der Waals surface area contributed by atoms with Crippen molar-refractivity contribution in [2.75, 3.05) is 17.7 Å². The van der Waals surface area contributed by atoms with Crippen molar-refractivity contribution in [3.63, 3.8) is 0 Å². The lowest BCUT2D eigenvalue weighted by molar-refractivity contribution is 0.102. The van der Waals surface area contributed by atoms with Crippen LogP contribution < -0.4 is 10.6 Å². The highest BCUT2D eigenvalue weighted by molar-refractivity contribution is 9.10. The lowest BCUT2D eigenvalue weighted by Gasteiger charge is -2.10. The zero-order valence-electron chi connectivity index (χ0n) is 11.8. The van der Waals surface area contributed by atoms with E-state index in [1.165, 1.54) is 0 Å². The number of carbonyl (C=O) groups is 1. The number of nitrogens with one attached hydrogen (secondary N) is 2. The molecule has 0 spiro atoms. The van der Waals surface area contributed by atoms with Gasteiger partial charge in [0.1, 0.15) is 0 Å². The zero-order chi connectivity index (χ0) is 14.7. The average Bonchev–Trinajstić information content (AvgIpc) is 2.44. The lowest BCUT2D eigenvalue weighted by Crippen LogP contribution is -2.12. The summed E-state index contributed by atoms with van der Waals surface area (Å²) in [7, 11) is 1.85. The molecule has 0 aliphatic heterocycles. The molecule has 0 aliphatic rings. The normalized spacial score (nSPS) is 10.2. The summed E-state index contributed by atoms with van der Waals surface area (Å²) >= 11 is 3.52. The molecule has 0 unspecified atom stereocenters. The third-order valence-corrected chi connectivity index (χ3v) is 4.38. The quantitative estimate of drug-likeness (QED) is 0.876. The highest BCUT2D eigenvalue weighted by atomic mass is 79.9. The largest absolute Gasteiger partial charge is 0.388 e. The molecule has 3 nitrogen and oxygen atoms in total. The molecular formula is C16H17BrN2O. The van der Waals surface area contributed by atoms with Crippen LogP contribution in [0.25, 0.3) is 0 Å². The Balaban J connectivity index is 2.18. The minimum absolute atomic E-state index is 0.103. The molecule has 0 radical (unpaired) electrons. The Bertz CT molecular complexity index is 612. The number of amides is 1. The average molecular weight is 333 g/mol. The fourth-order valence-corrected chi connectivity index (χ4v) is 2.24. The van der Waals surface area contributed by atoms with Gasteiger partial charge in [-0.05, 0) is 61.4 Å². The van der Waals surface area contributed by atoms with Crippen LogP contribution in [0, 0.1) is 13.8 Å². The second kappa shape index (κ2) is 6.09. The van der Waals surface area contributed by atoms with E-state index in [1.54, 1.807) is 12.1 Å². The van der Waals surface area contributed by atoms with Gasteiger partial charge >= 0.3 is 0 Å². The van der Waals surface area contributed by atoms with Crippen molar-refractivity contribution in [3.05, 3.63) is 57.6 Å². The maximum absolute atomic E-state index is 12.2. The van der Waals surface area contributed by atoms with Crippen molar-refractivity contribution in [2.24, 2.45) is 0 Å². The van der Waals surface area contributed by atoms with Crippen LogP contribution in [0.2, 0.25) is 0 Å². The number of hydrogen-bond acceptors (Lipinski definition) is 2. The van der Waals surface area contributed by atoms with E-state index in [1.807, 2.05) is 45.2 Å². The highest BCUT2D eigenvalue weighted by Crippen LogP contribution is 2.25. The molecule has 0 saturated heterocycles. The summed E-state index contributed by atoms with van der Waals surface area (Å²) in [6, 6.07) is 11.3. The molecule has 0 aromatic heterocycles. The van der Waals surface area contributed by atoms with Crippen molar-refractivity contribution < 1.29 is 4.79 Å². The van der Waals surface area contributed by atoms with E-state index in [-0.39, 0.29) is 5.91 Å². The molecular weight excluding hydrogens is 316 g/mol. The maximum atomic E-state index is 12.2. The number of aryl methyl sites for hydroxylation is 2. The summed E-state index contributed by atoms with van der Waals surface area (Å²) in [5, 5.41) is 5.95.